The number of aliphatic hydroxyl groups excluding tert-OH is 1. The molecule has 1 N–H and O–H groups in total. The van der Waals surface area contributed by atoms with E-state index in [4.69, 9.17) is 4.74 Å². The van der Waals surface area contributed by atoms with Gasteiger partial charge in [0.2, 0.25) is 0 Å². The first kappa shape index (κ1) is 12.1. The standard InChI is InChI=1S/C14H16O2S/c1-16-13-4-2-3-12(9-13)14(15)6-5-11-7-8-17-10-11/h2-4,7-10,14-15H,5-6H2,1H3. The summed E-state index contributed by atoms with van der Waals surface area (Å²) in [4.78, 5) is 0. The van der Waals surface area contributed by atoms with Crippen LogP contribution in [-0.2, 0) is 6.42 Å². The molecule has 90 valence electrons. The number of aryl methyl sites for hydroxylation is 1. The van der Waals surface area contributed by atoms with E-state index in [1.807, 2.05) is 24.3 Å². The highest BCUT2D eigenvalue weighted by atomic mass is 32.1. The normalized spacial score (nSPS) is 12.4. The summed E-state index contributed by atoms with van der Waals surface area (Å²) < 4.78 is 5.15. The molecule has 2 nitrogen and oxygen atoms in total. The number of rotatable bonds is 5. The van der Waals surface area contributed by atoms with E-state index >= 15 is 0 Å². The molecular weight excluding hydrogens is 232 g/mol. The van der Waals surface area contributed by atoms with Crippen LogP contribution in [0.3, 0.4) is 0 Å². The zero-order chi connectivity index (χ0) is 12.1. The van der Waals surface area contributed by atoms with Gasteiger partial charge in [0, 0.05) is 0 Å². The first-order chi connectivity index (χ1) is 8.29. The van der Waals surface area contributed by atoms with Gasteiger partial charge in [-0.1, -0.05) is 12.1 Å². The fourth-order valence-corrected chi connectivity index (χ4v) is 2.46. The summed E-state index contributed by atoms with van der Waals surface area (Å²) in [6, 6.07) is 9.71. The Morgan fingerprint density at radius 1 is 1.35 bits per heavy atom. The Balaban J connectivity index is 1.96. The van der Waals surface area contributed by atoms with E-state index in [0.29, 0.717) is 0 Å². The quantitative estimate of drug-likeness (QED) is 0.878. The second kappa shape index (κ2) is 5.84. The number of aliphatic hydroxyl groups is 1. The molecule has 2 rings (SSSR count). The van der Waals surface area contributed by atoms with Crippen LogP contribution < -0.4 is 4.74 Å². The van der Waals surface area contributed by atoms with Gasteiger partial charge in [0.1, 0.15) is 5.75 Å². The lowest BCUT2D eigenvalue weighted by molar-refractivity contribution is 0.167. The van der Waals surface area contributed by atoms with Gasteiger partial charge < -0.3 is 9.84 Å². The van der Waals surface area contributed by atoms with Crippen LogP contribution in [0.1, 0.15) is 23.7 Å². The van der Waals surface area contributed by atoms with Crippen molar-refractivity contribution in [3.8, 4) is 5.75 Å². The van der Waals surface area contributed by atoms with Crippen molar-refractivity contribution in [2.24, 2.45) is 0 Å². The molecule has 1 atom stereocenters. The molecule has 1 aromatic heterocycles. The van der Waals surface area contributed by atoms with Crippen LogP contribution in [0.25, 0.3) is 0 Å². The van der Waals surface area contributed by atoms with Crippen LogP contribution in [0.5, 0.6) is 5.75 Å². The average Bonchev–Trinajstić information content (AvgIpc) is 2.89. The number of thiophene rings is 1. The molecule has 2 aromatic rings. The molecule has 3 heteroatoms. The third-order valence-electron chi connectivity index (χ3n) is 2.77. The van der Waals surface area contributed by atoms with E-state index in [9.17, 15) is 5.11 Å². The Hall–Kier alpha value is -1.32. The highest BCUT2D eigenvalue weighted by Crippen LogP contribution is 2.23. The molecule has 0 saturated carbocycles. The summed E-state index contributed by atoms with van der Waals surface area (Å²) in [7, 11) is 1.64. The van der Waals surface area contributed by atoms with Crippen molar-refractivity contribution in [2.75, 3.05) is 7.11 Å². The molecule has 1 heterocycles. The van der Waals surface area contributed by atoms with Gasteiger partial charge in [-0.05, 0) is 52.9 Å². The number of hydrogen-bond acceptors (Lipinski definition) is 3. The second-order valence-electron chi connectivity index (χ2n) is 3.96. The number of ether oxygens (including phenoxy) is 1. The van der Waals surface area contributed by atoms with E-state index in [1.165, 1.54) is 5.56 Å². The summed E-state index contributed by atoms with van der Waals surface area (Å²) in [6.45, 7) is 0. The second-order valence-corrected chi connectivity index (χ2v) is 4.74. The molecule has 0 aliphatic rings. The predicted octanol–water partition coefficient (Wildman–Crippen LogP) is 3.42. The molecular formula is C14H16O2S. The molecule has 0 amide bonds. The Morgan fingerprint density at radius 3 is 2.94 bits per heavy atom. The molecule has 0 bridgehead atoms. The Morgan fingerprint density at radius 2 is 2.24 bits per heavy atom. The minimum Gasteiger partial charge on any atom is -0.497 e. The van der Waals surface area contributed by atoms with E-state index < -0.39 is 6.10 Å². The lowest BCUT2D eigenvalue weighted by Gasteiger charge is -2.11. The van der Waals surface area contributed by atoms with Gasteiger partial charge in [-0.3, -0.25) is 0 Å². The first-order valence-corrected chi connectivity index (χ1v) is 6.57. The smallest absolute Gasteiger partial charge is 0.119 e. The monoisotopic (exact) mass is 248 g/mol. The fraction of sp³-hybridized carbons (Fsp3) is 0.286. The van der Waals surface area contributed by atoms with Gasteiger partial charge in [-0.2, -0.15) is 11.3 Å². The zero-order valence-electron chi connectivity index (χ0n) is 9.80. The molecule has 0 spiro atoms. The molecule has 0 saturated heterocycles. The zero-order valence-corrected chi connectivity index (χ0v) is 10.6. The van der Waals surface area contributed by atoms with E-state index in [2.05, 4.69) is 16.8 Å². The lowest BCUT2D eigenvalue weighted by Crippen LogP contribution is -1.99. The molecule has 0 radical (unpaired) electrons. The largest absolute Gasteiger partial charge is 0.497 e. The highest BCUT2D eigenvalue weighted by Gasteiger charge is 2.08. The van der Waals surface area contributed by atoms with Crippen LogP contribution in [0.15, 0.2) is 41.1 Å². The number of hydrogen-bond donors (Lipinski definition) is 1. The third kappa shape index (κ3) is 3.32. The van der Waals surface area contributed by atoms with E-state index in [-0.39, 0.29) is 0 Å². The van der Waals surface area contributed by atoms with Crippen LogP contribution >= 0.6 is 11.3 Å². The van der Waals surface area contributed by atoms with Crippen molar-refractivity contribution in [3.63, 3.8) is 0 Å². The molecule has 17 heavy (non-hydrogen) atoms. The van der Waals surface area contributed by atoms with Gasteiger partial charge in [0.05, 0.1) is 13.2 Å². The Bertz CT molecular complexity index is 451. The van der Waals surface area contributed by atoms with Crippen molar-refractivity contribution >= 4 is 11.3 Å². The number of benzene rings is 1. The third-order valence-corrected chi connectivity index (χ3v) is 3.50. The van der Waals surface area contributed by atoms with Crippen molar-refractivity contribution in [2.45, 2.75) is 18.9 Å². The van der Waals surface area contributed by atoms with Crippen molar-refractivity contribution in [3.05, 3.63) is 52.2 Å². The van der Waals surface area contributed by atoms with Crippen LogP contribution in [0, 0.1) is 0 Å². The molecule has 0 aliphatic carbocycles. The average molecular weight is 248 g/mol. The first-order valence-electron chi connectivity index (χ1n) is 5.62. The van der Waals surface area contributed by atoms with Crippen LogP contribution in [0.4, 0.5) is 0 Å². The van der Waals surface area contributed by atoms with Gasteiger partial charge in [-0.25, -0.2) is 0 Å². The summed E-state index contributed by atoms with van der Waals surface area (Å²) in [5.74, 6) is 0.789. The van der Waals surface area contributed by atoms with Crippen LogP contribution in [-0.4, -0.2) is 12.2 Å². The molecule has 0 aliphatic heterocycles. The fourth-order valence-electron chi connectivity index (χ4n) is 1.75. The van der Waals surface area contributed by atoms with E-state index in [1.54, 1.807) is 18.4 Å². The van der Waals surface area contributed by atoms with Crippen molar-refractivity contribution in [1.29, 1.82) is 0 Å². The predicted molar refractivity (Wildman–Crippen MR) is 70.6 cm³/mol. The lowest BCUT2D eigenvalue weighted by atomic mass is 10.0. The Labute approximate surface area is 105 Å². The summed E-state index contributed by atoms with van der Waals surface area (Å²) in [5.41, 5.74) is 2.21. The number of methoxy groups -OCH3 is 1. The van der Waals surface area contributed by atoms with Gasteiger partial charge in [0.25, 0.3) is 0 Å². The van der Waals surface area contributed by atoms with Crippen LogP contribution in [0.2, 0.25) is 0 Å². The highest BCUT2D eigenvalue weighted by molar-refractivity contribution is 7.07. The SMILES string of the molecule is COc1cccc(C(O)CCc2ccsc2)c1. The maximum Gasteiger partial charge on any atom is 0.119 e. The van der Waals surface area contributed by atoms with E-state index in [0.717, 1.165) is 24.2 Å². The maximum absolute atomic E-state index is 10.1. The van der Waals surface area contributed by atoms with Gasteiger partial charge in [-0.15, -0.1) is 0 Å². The minimum atomic E-state index is -0.426. The Kier molecular flexibility index (Phi) is 4.18. The molecule has 1 unspecified atom stereocenters. The van der Waals surface area contributed by atoms with Gasteiger partial charge >= 0.3 is 0 Å². The van der Waals surface area contributed by atoms with Crippen molar-refractivity contribution < 1.29 is 9.84 Å². The maximum atomic E-state index is 10.1. The topological polar surface area (TPSA) is 29.5 Å². The van der Waals surface area contributed by atoms with Gasteiger partial charge in [0.15, 0.2) is 0 Å². The summed E-state index contributed by atoms with van der Waals surface area (Å²) >= 11 is 1.69. The molecule has 1 aromatic carbocycles. The molecule has 0 fully saturated rings. The summed E-state index contributed by atoms with van der Waals surface area (Å²) in [6.07, 6.45) is 1.22. The van der Waals surface area contributed by atoms with Crippen molar-refractivity contribution in [1.82, 2.24) is 0 Å². The minimum absolute atomic E-state index is 0.426. The summed E-state index contributed by atoms with van der Waals surface area (Å²) in [5, 5.41) is 14.3.